The molecular weight excluding hydrogens is 634 g/mol. The van der Waals surface area contributed by atoms with E-state index in [1.807, 2.05) is 6.07 Å². The highest BCUT2D eigenvalue weighted by atomic mass is 35.5. The van der Waals surface area contributed by atoms with Gasteiger partial charge in [-0.3, -0.25) is 9.28 Å². The third-order valence-corrected chi connectivity index (χ3v) is 11.7. The number of quaternary nitrogens is 1. The van der Waals surface area contributed by atoms with Gasteiger partial charge in [-0.05, 0) is 85.5 Å². The van der Waals surface area contributed by atoms with Crippen molar-refractivity contribution in [3.8, 4) is 0 Å². The molecule has 1 N–H and O–H groups in total. The van der Waals surface area contributed by atoms with Gasteiger partial charge in [-0.15, -0.1) is 0 Å². The molecule has 0 aromatic heterocycles. The predicted octanol–water partition coefficient (Wildman–Crippen LogP) is 7.53. The quantitative estimate of drug-likeness (QED) is 0.106. The van der Waals surface area contributed by atoms with Gasteiger partial charge in [-0.2, -0.15) is 0 Å². The Kier molecular flexibility index (Phi) is 7.76. The highest BCUT2D eigenvalue weighted by Crippen LogP contribution is 2.46. The molecule has 3 aromatic carbocycles. The van der Waals surface area contributed by atoms with E-state index in [1.54, 1.807) is 6.07 Å². The van der Waals surface area contributed by atoms with Crippen molar-refractivity contribution in [1.29, 1.82) is 0 Å². The summed E-state index contributed by atoms with van der Waals surface area (Å²) in [6.45, 7) is 14.1. The average Bonchev–Trinajstić information content (AvgIpc) is 2.98. The largest absolute Gasteiger partial charge is 0.390 e. The second kappa shape index (κ2) is 10.8. The number of carbonyl (C=O) groups is 1. The van der Waals surface area contributed by atoms with Crippen LogP contribution in [0.15, 0.2) is 42.5 Å². The Morgan fingerprint density at radius 1 is 0.864 bits per heavy atom. The number of β-amino-alcohol motifs (C(OH)–C–C–N with tert-alkyl or cyclic N) is 1. The number of hydrogen-bond acceptors (Lipinski definition) is 2. The lowest BCUT2D eigenvalue weighted by Gasteiger charge is -2.42. The fraction of sp³-hybridized carbons (Fsp3) is 0.333. The number of nitrogens with zero attached hydrogens (tertiary/aromatic N) is 2. The molecule has 1 aliphatic carbocycles. The minimum absolute atomic E-state index is 0.0108. The fourth-order valence-electron chi connectivity index (χ4n) is 7.38. The van der Waals surface area contributed by atoms with Gasteiger partial charge in [-0.1, -0.05) is 46.4 Å². The van der Waals surface area contributed by atoms with Crippen LogP contribution in [0.2, 0.25) is 20.1 Å². The molecule has 8 heteroatoms. The molecule has 2 aliphatic heterocycles. The van der Waals surface area contributed by atoms with Crippen LogP contribution in [0.25, 0.3) is 16.7 Å². The lowest BCUT2D eigenvalue weighted by Crippen LogP contribution is -2.53. The molecule has 3 aromatic rings. The number of benzene rings is 3. The first-order valence-corrected chi connectivity index (χ1v) is 16.4. The molecule has 2 atom stereocenters. The number of fused-ring (bicyclic) bond motifs is 4. The zero-order chi connectivity index (χ0) is 32.0. The maximum absolute atomic E-state index is 14.7. The van der Waals surface area contributed by atoms with Crippen LogP contribution in [0, 0.1) is 0 Å². The van der Waals surface area contributed by atoms with Crippen molar-refractivity contribution in [3.05, 3.63) is 107 Å². The van der Waals surface area contributed by atoms with Gasteiger partial charge in [0.05, 0.1) is 33.7 Å². The van der Waals surface area contributed by atoms with Gasteiger partial charge < -0.3 is 5.11 Å². The molecule has 0 fully saturated rings. The zero-order valence-corrected chi connectivity index (χ0v) is 29.0. The molecule has 0 bridgehead atoms. The van der Waals surface area contributed by atoms with E-state index in [9.17, 15) is 9.90 Å². The third kappa shape index (κ3) is 4.48. The van der Waals surface area contributed by atoms with E-state index in [1.165, 1.54) is 5.57 Å². The molecule has 0 amide bonds. The van der Waals surface area contributed by atoms with Crippen LogP contribution < -0.4 is 19.6 Å². The molecule has 0 radical (unpaired) electrons. The number of allylic oxidation sites excluding steroid dienone is 2. The summed E-state index contributed by atoms with van der Waals surface area (Å²) >= 11 is 26.7. The van der Waals surface area contributed by atoms with E-state index in [4.69, 9.17) is 46.4 Å². The van der Waals surface area contributed by atoms with E-state index < -0.39 is 0 Å². The Balaban J connectivity index is 1.83. The highest BCUT2D eigenvalue weighted by Gasteiger charge is 2.40. The van der Waals surface area contributed by atoms with Crippen LogP contribution in [0.1, 0.15) is 79.7 Å². The third-order valence-electron chi connectivity index (χ3n) is 10.00. The summed E-state index contributed by atoms with van der Waals surface area (Å²) in [6.07, 6.45) is 4.51. The van der Waals surface area contributed by atoms with Gasteiger partial charge in [0.1, 0.15) is 18.3 Å². The zero-order valence-electron chi connectivity index (χ0n) is 26.0. The maximum atomic E-state index is 14.7. The van der Waals surface area contributed by atoms with E-state index in [-0.39, 0.29) is 44.1 Å². The van der Waals surface area contributed by atoms with Crippen molar-refractivity contribution in [1.82, 2.24) is 9.06 Å². The molecule has 4 nitrogen and oxygen atoms in total. The number of likely N-dealkylation sites (N-methyl/N-ethyl adjacent to an activating group) is 1. The monoisotopic (exact) mass is 668 g/mol. The average molecular weight is 671 g/mol. The second-order valence-electron chi connectivity index (χ2n) is 12.9. The first-order valence-electron chi connectivity index (χ1n) is 14.9. The molecule has 0 spiro atoms. The van der Waals surface area contributed by atoms with Crippen molar-refractivity contribution in [2.24, 2.45) is 0 Å². The van der Waals surface area contributed by atoms with Gasteiger partial charge in [0, 0.05) is 53.8 Å². The first kappa shape index (κ1) is 31.5. The van der Waals surface area contributed by atoms with E-state index in [2.05, 4.69) is 83.5 Å². The van der Waals surface area contributed by atoms with Gasteiger partial charge in [-0.25, -0.2) is 4.58 Å². The van der Waals surface area contributed by atoms with Crippen LogP contribution >= 0.6 is 46.4 Å². The number of ketones is 1. The van der Waals surface area contributed by atoms with Crippen LogP contribution in [0.5, 0.6) is 0 Å². The standard InChI is InChI=1S/C36H36Cl4N2O2/c1-8-42(7)20(4)11-18(2)22-13-24-26(16-30(22)42)35(44)25-15-29-21(19(3)17-36(5,6)41(29)9-10-43)12-23(25)31(24)27-14-28(37)33(39)34(40)32(27)38/h11-17,20,43H,8-10H2,1-7H3/q+2. The number of aliphatic hydroxyl groups excluding tert-OH is 1. The summed E-state index contributed by atoms with van der Waals surface area (Å²) in [5, 5.41) is 12.6. The molecule has 44 heavy (non-hydrogen) atoms. The molecule has 2 unspecified atom stereocenters. The molecule has 3 aliphatic rings. The van der Waals surface area contributed by atoms with Crippen molar-refractivity contribution >= 4 is 74.6 Å². The molecule has 0 saturated carbocycles. The molecular formula is C36H36Cl4N2O2+2. The van der Waals surface area contributed by atoms with Crippen LogP contribution in [0.3, 0.4) is 0 Å². The van der Waals surface area contributed by atoms with Gasteiger partial charge in [0.2, 0.25) is 5.36 Å². The molecule has 6 rings (SSSR count). The Morgan fingerprint density at radius 3 is 2.23 bits per heavy atom. The molecule has 0 saturated heterocycles. The number of aliphatic hydroxyl groups is 1. The van der Waals surface area contributed by atoms with E-state index in [0.29, 0.717) is 27.7 Å². The number of halogens is 4. The highest BCUT2D eigenvalue weighted by molar-refractivity contribution is 6.52. The second-order valence-corrected chi connectivity index (χ2v) is 14.5. The summed E-state index contributed by atoms with van der Waals surface area (Å²) < 4.78 is 2.84. The maximum Gasteiger partial charge on any atom is 0.209 e. The van der Waals surface area contributed by atoms with Gasteiger partial charge >= 0.3 is 0 Å². The molecule has 228 valence electrons. The van der Waals surface area contributed by atoms with Gasteiger partial charge in [0.15, 0.2) is 17.9 Å². The SMILES string of the molecule is CC[N+]1(C)c2cc3c(cc2C(C)=CC1C)C(c1cc(Cl)c(Cl)c(Cl)c1Cl)=c1cc2c(cc1C3=O)=[N+](CCO)C(C)(C)C=C2C. The minimum atomic E-state index is -0.351. The Bertz CT molecular complexity index is 2010. The topological polar surface area (TPSA) is 40.3 Å². The smallest absolute Gasteiger partial charge is 0.209 e. The predicted molar refractivity (Wildman–Crippen MR) is 186 cm³/mol. The van der Waals surface area contributed by atoms with Gasteiger partial charge in [0.25, 0.3) is 0 Å². The number of hydrogen-bond donors (Lipinski definition) is 1. The summed E-state index contributed by atoms with van der Waals surface area (Å²) in [4.78, 5) is 14.7. The summed E-state index contributed by atoms with van der Waals surface area (Å²) in [5.74, 6) is -0.0527. The van der Waals surface area contributed by atoms with Crippen molar-refractivity contribution < 1.29 is 9.90 Å². The minimum Gasteiger partial charge on any atom is -0.390 e. The normalized spacial score (nSPS) is 21.7. The first-order chi connectivity index (χ1) is 20.7. The Labute approximate surface area is 278 Å². The fourth-order valence-corrected chi connectivity index (χ4v) is 8.27. The van der Waals surface area contributed by atoms with Crippen LogP contribution in [-0.4, -0.2) is 49.2 Å². The lowest BCUT2D eigenvalue weighted by molar-refractivity contribution is 0.103. The lowest BCUT2D eigenvalue weighted by atomic mass is 9.78. The number of carbonyl (C=O) groups excluding carboxylic acids is 1. The van der Waals surface area contributed by atoms with E-state index in [0.717, 1.165) is 50.6 Å². The number of rotatable bonds is 4. The van der Waals surface area contributed by atoms with Crippen LogP contribution in [-0.2, 0) is 0 Å². The summed E-state index contributed by atoms with van der Waals surface area (Å²) in [5.41, 5.74) is 8.49. The van der Waals surface area contributed by atoms with Crippen molar-refractivity contribution in [2.45, 2.75) is 53.1 Å². The Hall–Kier alpha value is -2.44. The van der Waals surface area contributed by atoms with E-state index >= 15 is 0 Å². The van der Waals surface area contributed by atoms with Crippen molar-refractivity contribution in [3.63, 3.8) is 0 Å². The van der Waals surface area contributed by atoms with Crippen molar-refractivity contribution in [2.75, 3.05) is 26.7 Å². The summed E-state index contributed by atoms with van der Waals surface area (Å²) in [6, 6.07) is 10.3. The molecule has 2 heterocycles. The van der Waals surface area contributed by atoms with Crippen LogP contribution in [0.4, 0.5) is 5.69 Å². The summed E-state index contributed by atoms with van der Waals surface area (Å²) in [7, 11) is 2.22. The Morgan fingerprint density at radius 2 is 1.57 bits per heavy atom.